The maximum absolute atomic E-state index is 14.3. The Kier molecular flexibility index (Phi) is 10.4. The molecule has 0 unspecified atom stereocenters. The van der Waals surface area contributed by atoms with Crippen LogP contribution in [0.4, 0.5) is 5.82 Å². The summed E-state index contributed by atoms with van der Waals surface area (Å²) in [5, 5.41) is 6.15. The van der Waals surface area contributed by atoms with E-state index in [2.05, 4.69) is 83.7 Å². The van der Waals surface area contributed by atoms with Crippen molar-refractivity contribution in [3.05, 3.63) is 138 Å². The third kappa shape index (κ3) is 7.25. The number of hydrogen-bond donors (Lipinski definition) is 2. The van der Waals surface area contributed by atoms with E-state index in [1.54, 1.807) is 35.9 Å². The van der Waals surface area contributed by atoms with E-state index in [0.717, 1.165) is 16.7 Å². The van der Waals surface area contributed by atoms with Gasteiger partial charge in [-0.25, -0.2) is 15.0 Å². The van der Waals surface area contributed by atoms with Gasteiger partial charge in [0.15, 0.2) is 30.9 Å². The molecule has 0 spiro atoms. The Bertz CT molecular complexity index is 2400. The van der Waals surface area contributed by atoms with Crippen LogP contribution in [0.1, 0.15) is 60.7 Å². The summed E-state index contributed by atoms with van der Waals surface area (Å²) in [6.07, 6.45) is 3.50. The molecule has 1 saturated carbocycles. The minimum absolute atomic E-state index is 0.0553. The van der Waals surface area contributed by atoms with Crippen molar-refractivity contribution in [3.63, 3.8) is 0 Å². The molecule has 3 heterocycles. The second-order valence-corrected chi connectivity index (χ2v) is 21.1. The smallest absolute Gasteiger partial charge is 0.256 e. The zero-order chi connectivity index (χ0) is 40.7. The molecule has 13 heteroatoms. The topological polar surface area (TPSA) is 139 Å². The van der Waals surface area contributed by atoms with Gasteiger partial charge in [0.05, 0.1) is 31.7 Å². The molecule has 2 N–H and O–H groups in total. The number of fused-ring (bicyclic) bond motifs is 3. The Hall–Kier alpha value is -5.89. The highest BCUT2D eigenvalue weighted by Crippen LogP contribution is 2.54. The number of benzene rings is 4. The zero-order valence-electron chi connectivity index (χ0n) is 33.6. The van der Waals surface area contributed by atoms with Crippen molar-refractivity contribution in [2.24, 2.45) is 0 Å². The Labute approximate surface area is 339 Å². The van der Waals surface area contributed by atoms with Gasteiger partial charge in [0.2, 0.25) is 5.91 Å². The molecule has 3 atom stereocenters. The average molecular weight is 797 g/mol. The number of carbonyl (C=O) groups is 2. The molecule has 12 nitrogen and oxygen atoms in total. The molecule has 2 aliphatic rings. The first-order valence-electron chi connectivity index (χ1n) is 19.6. The van der Waals surface area contributed by atoms with Gasteiger partial charge in [-0.05, 0) is 72.9 Å². The van der Waals surface area contributed by atoms with Crippen LogP contribution in [0, 0.1) is 0 Å². The molecule has 2 aromatic heterocycles. The molecule has 0 bridgehead atoms. The Morgan fingerprint density at radius 1 is 0.845 bits per heavy atom. The maximum Gasteiger partial charge on any atom is 0.256 e. The Balaban J connectivity index is 1.11. The second kappa shape index (κ2) is 15.5. The van der Waals surface area contributed by atoms with Crippen molar-refractivity contribution in [2.45, 2.75) is 82.1 Å². The fraction of sp³-hybridized carbons (Fsp3) is 0.311. The van der Waals surface area contributed by atoms with Gasteiger partial charge < -0.3 is 33.8 Å². The van der Waals surface area contributed by atoms with Crippen LogP contribution in [0.2, 0.25) is 18.1 Å². The second-order valence-electron chi connectivity index (χ2n) is 16.3. The molecule has 1 aliphatic heterocycles. The summed E-state index contributed by atoms with van der Waals surface area (Å²) >= 11 is 0. The SMILES string of the molecule is COc1ccc(C(=O)Nc2ncnc3c2ncn3CC(=O)N[C@H]2[C@H](OC3(c4ccccc4)c4ccccc4Oc4ccccc43)CC[C@H]2O[Si](C)(C)C(C)(C)C)cc1. The lowest BCUT2D eigenvalue weighted by Crippen LogP contribution is -2.54. The van der Waals surface area contributed by atoms with Gasteiger partial charge in [0.1, 0.15) is 30.1 Å². The van der Waals surface area contributed by atoms with Gasteiger partial charge in [0, 0.05) is 16.7 Å². The highest BCUT2D eigenvalue weighted by molar-refractivity contribution is 6.74. The van der Waals surface area contributed by atoms with Gasteiger partial charge in [-0.3, -0.25) is 9.59 Å². The summed E-state index contributed by atoms with van der Waals surface area (Å²) in [6, 6.07) is 32.5. The van der Waals surface area contributed by atoms with Crippen LogP contribution in [-0.4, -0.2) is 65.0 Å². The number of nitrogens with one attached hydrogen (secondary N) is 2. The van der Waals surface area contributed by atoms with Crippen molar-refractivity contribution in [1.82, 2.24) is 24.8 Å². The largest absolute Gasteiger partial charge is 0.497 e. The molecule has 4 aromatic carbocycles. The summed E-state index contributed by atoms with van der Waals surface area (Å²) in [5.74, 6) is 1.68. The van der Waals surface area contributed by atoms with E-state index in [-0.39, 0.29) is 35.3 Å². The number of rotatable bonds is 11. The predicted octanol–water partition coefficient (Wildman–Crippen LogP) is 8.24. The van der Waals surface area contributed by atoms with E-state index in [9.17, 15) is 9.59 Å². The first kappa shape index (κ1) is 39.0. The lowest BCUT2D eigenvalue weighted by molar-refractivity contribution is -0.126. The van der Waals surface area contributed by atoms with Crippen LogP contribution in [0.5, 0.6) is 17.2 Å². The molecule has 58 heavy (non-hydrogen) atoms. The minimum Gasteiger partial charge on any atom is -0.497 e. The number of hydrogen-bond acceptors (Lipinski definition) is 9. The number of ether oxygens (including phenoxy) is 3. The number of methoxy groups -OCH3 is 1. The maximum atomic E-state index is 14.3. The molecular formula is C45H48N6O6Si. The Morgan fingerprint density at radius 2 is 1.48 bits per heavy atom. The number of anilines is 1. The van der Waals surface area contributed by atoms with Crippen molar-refractivity contribution in [2.75, 3.05) is 12.4 Å². The molecule has 6 aromatic rings. The first-order chi connectivity index (χ1) is 27.9. The summed E-state index contributed by atoms with van der Waals surface area (Å²) in [4.78, 5) is 40.7. The van der Waals surface area contributed by atoms with Crippen LogP contribution >= 0.6 is 0 Å². The molecular weight excluding hydrogens is 749 g/mol. The van der Waals surface area contributed by atoms with Crippen LogP contribution in [0.25, 0.3) is 11.2 Å². The third-order valence-corrected chi connectivity index (χ3v) is 16.2. The van der Waals surface area contributed by atoms with Crippen molar-refractivity contribution >= 4 is 37.1 Å². The summed E-state index contributed by atoms with van der Waals surface area (Å²) in [7, 11) is -0.724. The zero-order valence-corrected chi connectivity index (χ0v) is 34.6. The third-order valence-electron chi connectivity index (χ3n) is 11.7. The number of carbonyl (C=O) groups excluding carboxylic acids is 2. The van der Waals surface area contributed by atoms with Gasteiger partial charge in [0.25, 0.3) is 5.91 Å². The molecule has 0 radical (unpaired) electrons. The predicted molar refractivity (Wildman–Crippen MR) is 224 cm³/mol. The fourth-order valence-electron chi connectivity index (χ4n) is 7.69. The normalized spacial score (nSPS) is 18.5. The van der Waals surface area contributed by atoms with Crippen molar-refractivity contribution in [1.29, 1.82) is 0 Å². The number of nitrogens with zero attached hydrogens (tertiary/aromatic N) is 4. The van der Waals surface area contributed by atoms with E-state index < -0.39 is 26.1 Å². The fourth-order valence-corrected chi connectivity index (χ4v) is 9.07. The lowest BCUT2D eigenvalue weighted by atomic mass is 9.77. The highest BCUT2D eigenvalue weighted by atomic mass is 28.4. The van der Waals surface area contributed by atoms with Crippen LogP contribution in [-0.2, 0) is 26.1 Å². The summed E-state index contributed by atoms with van der Waals surface area (Å²) in [6.45, 7) is 11.0. The van der Waals surface area contributed by atoms with Gasteiger partial charge in [-0.2, -0.15) is 0 Å². The Morgan fingerprint density at radius 3 is 2.14 bits per heavy atom. The standard InChI is InChI=1S/C45H48N6O6Si/c1-44(2,3)58(5,6)57-37-25-24-36(56-45(30-14-8-7-9-15-30)32-16-10-12-18-34(32)55-35-19-13-11-17-33(35)45)39(37)49-38(52)26-51-28-48-40-41(46-27-47-42(40)51)50-43(53)29-20-22-31(54-4)23-21-29/h7-23,27-28,36-37,39H,24-26H2,1-6H3,(H,49,52)(H,46,47,50,53)/t36-,37-,39+/m1/s1. The van der Waals surface area contributed by atoms with E-state index in [1.165, 1.54) is 12.7 Å². The van der Waals surface area contributed by atoms with E-state index in [1.807, 2.05) is 54.6 Å². The van der Waals surface area contributed by atoms with Crippen molar-refractivity contribution < 1.29 is 28.2 Å². The molecule has 298 valence electrons. The van der Waals surface area contributed by atoms with E-state index in [4.69, 9.17) is 18.6 Å². The van der Waals surface area contributed by atoms with Gasteiger partial charge in [-0.15, -0.1) is 0 Å². The quantitative estimate of drug-likeness (QED) is 0.124. The van der Waals surface area contributed by atoms with Crippen LogP contribution in [0.3, 0.4) is 0 Å². The van der Waals surface area contributed by atoms with Crippen LogP contribution in [0.15, 0.2) is 116 Å². The number of amides is 2. The van der Waals surface area contributed by atoms with Crippen LogP contribution < -0.4 is 20.1 Å². The number of imidazole rings is 1. The molecule has 2 amide bonds. The number of aromatic nitrogens is 4. The van der Waals surface area contributed by atoms with Gasteiger partial charge >= 0.3 is 0 Å². The first-order valence-corrected chi connectivity index (χ1v) is 22.5. The molecule has 8 rings (SSSR count). The summed E-state index contributed by atoms with van der Waals surface area (Å²) in [5.41, 5.74) is 2.88. The number of para-hydroxylation sites is 2. The lowest BCUT2D eigenvalue weighted by Gasteiger charge is -2.44. The van der Waals surface area contributed by atoms with Gasteiger partial charge in [-0.1, -0.05) is 87.5 Å². The minimum atomic E-state index is -2.29. The van der Waals surface area contributed by atoms with E-state index in [0.29, 0.717) is 46.8 Å². The molecule has 1 fully saturated rings. The van der Waals surface area contributed by atoms with Crippen molar-refractivity contribution in [3.8, 4) is 17.2 Å². The average Bonchev–Trinajstić information content (AvgIpc) is 3.80. The highest BCUT2D eigenvalue weighted by Gasteiger charge is 2.52. The summed E-state index contributed by atoms with van der Waals surface area (Å²) < 4.78 is 28.0. The molecule has 0 saturated heterocycles. The monoisotopic (exact) mass is 796 g/mol. The van der Waals surface area contributed by atoms with E-state index >= 15 is 0 Å². The molecule has 1 aliphatic carbocycles.